The van der Waals surface area contributed by atoms with Gasteiger partial charge < -0.3 is 15.8 Å². The molecule has 0 spiro atoms. The van der Waals surface area contributed by atoms with Gasteiger partial charge in [-0.1, -0.05) is 18.2 Å². The van der Waals surface area contributed by atoms with Gasteiger partial charge in [-0.2, -0.15) is 0 Å². The highest BCUT2D eigenvalue weighted by molar-refractivity contribution is 7.17. The van der Waals surface area contributed by atoms with Crippen LogP contribution >= 0.6 is 11.3 Å². The molecule has 8 heteroatoms. The van der Waals surface area contributed by atoms with Crippen molar-refractivity contribution in [2.75, 3.05) is 11.9 Å². The third-order valence-corrected chi connectivity index (χ3v) is 5.28. The number of primary amides is 1. The smallest absolute Gasteiger partial charge is 0.331 e. The highest BCUT2D eigenvalue weighted by Crippen LogP contribution is 2.38. The van der Waals surface area contributed by atoms with E-state index >= 15 is 0 Å². The summed E-state index contributed by atoms with van der Waals surface area (Å²) in [7, 11) is 0. The van der Waals surface area contributed by atoms with Gasteiger partial charge in [0.15, 0.2) is 6.61 Å². The Morgan fingerprint density at radius 1 is 1.26 bits per heavy atom. The Labute approximate surface area is 158 Å². The molecule has 6 nitrogen and oxygen atoms in total. The van der Waals surface area contributed by atoms with Crippen LogP contribution in [0.5, 0.6) is 0 Å². The second kappa shape index (κ2) is 8.13. The molecule has 0 bridgehead atoms. The van der Waals surface area contributed by atoms with Gasteiger partial charge in [-0.25, -0.2) is 9.18 Å². The number of ether oxygens (including phenoxy) is 1. The van der Waals surface area contributed by atoms with Crippen molar-refractivity contribution >= 4 is 40.2 Å². The highest BCUT2D eigenvalue weighted by atomic mass is 32.1. The van der Waals surface area contributed by atoms with E-state index in [2.05, 4.69) is 5.32 Å². The second-order valence-corrected chi connectivity index (χ2v) is 7.04. The molecule has 0 fully saturated rings. The minimum absolute atomic E-state index is 0.234. The number of carbonyl (C=O) groups is 3. The predicted molar refractivity (Wildman–Crippen MR) is 99.9 cm³/mol. The molecule has 0 atom stereocenters. The van der Waals surface area contributed by atoms with Gasteiger partial charge in [-0.05, 0) is 37.0 Å². The maximum atomic E-state index is 13.5. The van der Waals surface area contributed by atoms with Crippen molar-refractivity contribution in [1.82, 2.24) is 0 Å². The molecule has 3 rings (SSSR count). The topological polar surface area (TPSA) is 98.5 Å². The van der Waals surface area contributed by atoms with E-state index in [0.29, 0.717) is 10.6 Å². The van der Waals surface area contributed by atoms with Crippen LogP contribution < -0.4 is 11.1 Å². The van der Waals surface area contributed by atoms with E-state index in [1.807, 2.05) is 0 Å². The van der Waals surface area contributed by atoms with Crippen LogP contribution in [0.4, 0.5) is 9.39 Å². The highest BCUT2D eigenvalue weighted by Gasteiger charge is 2.26. The lowest BCUT2D eigenvalue weighted by atomic mass is 10.1. The first-order valence-corrected chi connectivity index (χ1v) is 9.11. The zero-order chi connectivity index (χ0) is 19.4. The van der Waals surface area contributed by atoms with Gasteiger partial charge >= 0.3 is 5.97 Å². The quantitative estimate of drug-likeness (QED) is 0.587. The van der Waals surface area contributed by atoms with E-state index in [9.17, 15) is 18.8 Å². The molecule has 3 N–H and O–H groups in total. The van der Waals surface area contributed by atoms with Crippen molar-refractivity contribution in [2.24, 2.45) is 5.73 Å². The lowest BCUT2D eigenvalue weighted by molar-refractivity contribution is -0.142. The molecular weight excluding hydrogens is 371 g/mol. The first-order chi connectivity index (χ1) is 13.0. The number of aryl methyl sites for hydroxylation is 1. The number of hydrogen-bond donors (Lipinski definition) is 2. The van der Waals surface area contributed by atoms with E-state index in [0.717, 1.165) is 35.8 Å². The Kier molecular flexibility index (Phi) is 5.66. The molecule has 1 aromatic heterocycles. The van der Waals surface area contributed by atoms with Gasteiger partial charge in [0.25, 0.3) is 11.8 Å². The van der Waals surface area contributed by atoms with Crippen LogP contribution in [0.25, 0.3) is 6.08 Å². The molecule has 27 heavy (non-hydrogen) atoms. The van der Waals surface area contributed by atoms with Gasteiger partial charge in [0.1, 0.15) is 10.8 Å². The number of anilines is 1. The van der Waals surface area contributed by atoms with Crippen LogP contribution in [0, 0.1) is 5.82 Å². The number of esters is 1. The van der Waals surface area contributed by atoms with Crippen LogP contribution in [-0.4, -0.2) is 24.4 Å². The number of rotatable bonds is 6. The summed E-state index contributed by atoms with van der Waals surface area (Å²) in [4.78, 5) is 36.5. The molecule has 0 saturated heterocycles. The van der Waals surface area contributed by atoms with Gasteiger partial charge in [0.05, 0.1) is 5.56 Å². The summed E-state index contributed by atoms with van der Waals surface area (Å²) in [6, 6.07) is 5.95. The third-order valence-electron chi connectivity index (χ3n) is 4.07. The van der Waals surface area contributed by atoms with Crippen LogP contribution in [0.3, 0.4) is 0 Å². The van der Waals surface area contributed by atoms with Crippen molar-refractivity contribution in [3.05, 3.63) is 57.7 Å². The van der Waals surface area contributed by atoms with Crippen LogP contribution in [-0.2, 0) is 27.2 Å². The number of nitrogens with two attached hydrogens (primary N) is 1. The van der Waals surface area contributed by atoms with E-state index in [1.54, 1.807) is 6.07 Å². The Hall–Kier alpha value is -3.00. The van der Waals surface area contributed by atoms with E-state index in [4.69, 9.17) is 10.5 Å². The lowest BCUT2D eigenvalue weighted by Gasteiger charge is -2.06. The van der Waals surface area contributed by atoms with Crippen molar-refractivity contribution in [3.8, 4) is 0 Å². The summed E-state index contributed by atoms with van der Waals surface area (Å²) in [6.45, 7) is -0.527. The summed E-state index contributed by atoms with van der Waals surface area (Å²) in [5.41, 5.74) is 6.90. The summed E-state index contributed by atoms with van der Waals surface area (Å²) >= 11 is 1.32. The Balaban J connectivity index is 1.57. The van der Waals surface area contributed by atoms with Crippen LogP contribution in [0.15, 0.2) is 30.3 Å². The monoisotopic (exact) mass is 388 g/mol. The number of amides is 2. The molecule has 1 aromatic carbocycles. The molecule has 2 amide bonds. The summed E-state index contributed by atoms with van der Waals surface area (Å²) in [5.74, 6) is -2.42. The Bertz CT molecular complexity index is 936. The fourth-order valence-corrected chi connectivity index (χ4v) is 4.18. The Morgan fingerprint density at radius 2 is 2.04 bits per heavy atom. The molecule has 0 saturated carbocycles. The molecule has 0 radical (unpaired) electrons. The molecule has 0 unspecified atom stereocenters. The fraction of sp³-hybridized carbons (Fsp3) is 0.211. The minimum Gasteiger partial charge on any atom is -0.452 e. The summed E-state index contributed by atoms with van der Waals surface area (Å²) in [5, 5.41) is 2.96. The maximum Gasteiger partial charge on any atom is 0.331 e. The Morgan fingerprint density at radius 3 is 2.78 bits per heavy atom. The van der Waals surface area contributed by atoms with Crippen LogP contribution in [0.1, 0.15) is 32.8 Å². The standard InChI is InChI=1S/C19H17FN2O4S/c20-13-6-2-1-4-11(13)8-9-16(24)26-10-15(23)22-19-17(18(21)25)12-5-3-7-14(12)27-19/h1-2,4,6,8-9H,3,5,7,10H2,(H2,21,25)(H,22,23)/b9-8+. The molecule has 1 heterocycles. The number of benzene rings is 1. The van der Waals surface area contributed by atoms with E-state index in [1.165, 1.54) is 35.6 Å². The fourth-order valence-electron chi connectivity index (χ4n) is 2.87. The van der Waals surface area contributed by atoms with Gasteiger partial charge in [0, 0.05) is 16.5 Å². The molecule has 1 aliphatic rings. The average molecular weight is 388 g/mol. The molecule has 140 valence electrons. The number of thiophene rings is 1. The molecule has 2 aromatic rings. The van der Waals surface area contributed by atoms with Gasteiger partial charge in [-0.15, -0.1) is 11.3 Å². The second-order valence-electron chi connectivity index (χ2n) is 5.94. The number of hydrogen-bond acceptors (Lipinski definition) is 5. The van der Waals surface area contributed by atoms with Gasteiger partial charge in [-0.3, -0.25) is 9.59 Å². The number of nitrogens with one attached hydrogen (secondary N) is 1. The average Bonchev–Trinajstić information content (AvgIpc) is 3.19. The van der Waals surface area contributed by atoms with E-state index < -0.39 is 30.2 Å². The van der Waals surface area contributed by atoms with Gasteiger partial charge in [0.2, 0.25) is 0 Å². The first-order valence-electron chi connectivity index (χ1n) is 8.29. The van der Waals surface area contributed by atoms with Crippen molar-refractivity contribution < 1.29 is 23.5 Å². The summed E-state index contributed by atoms with van der Waals surface area (Å²) in [6.07, 6.45) is 4.88. The van der Waals surface area contributed by atoms with Crippen molar-refractivity contribution in [1.29, 1.82) is 0 Å². The predicted octanol–water partition coefficient (Wildman–Crippen LogP) is 2.67. The lowest BCUT2D eigenvalue weighted by Crippen LogP contribution is -2.22. The molecule has 0 aliphatic heterocycles. The number of halogens is 1. The SMILES string of the molecule is NC(=O)c1c(NC(=O)COC(=O)/C=C/c2ccccc2F)sc2c1CCC2. The van der Waals surface area contributed by atoms with E-state index in [-0.39, 0.29) is 5.56 Å². The largest absolute Gasteiger partial charge is 0.452 e. The number of fused-ring (bicyclic) bond motifs is 1. The molecule has 1 aliphatic carbocycles. The normalized spacial score (nSPS) is 12.8. The zero-order valence-electron chi connectivity index (χ0n) is 14.3. The van der Waals surface area contributed by atoms with Crippen molar-refractivity contribution in [3.63, 3.8) is 0 Å². The first kappa shape index (κ1) is 18.8. The zero-order valence-corrected chi connectivity index (χ0v) is 15.1. The van der Waals surface area contributed by atoms with Crippen LogP contribution in [0.2, 0.25) is 0 Å². The molecular formula is C19H17FN2O4S. The minimum atomic E-state index is -0.780. The number of carbonyl (C=O) groups excluding carboxylic acids is 3. The summed E-state index contributed by atoms with van der Waals surface area (Å²) < 4.78 is 18.3. The maximum absolute atomic E-state index is 13.5. The van der Waals surface area contributed by atoms with Crippen molar-refractivity contribution in [2.45, 2.75) is 19.3 Å². The third kappa shape index (κ3) is 4.40.